The summed E-state index contributed by atoms with van der Waals surface area (Å²) >= 11 is 1.39. The van der Waals surface area contributed by atoms with Gasteiger partial charge in [-0.3, -0.25) is 9.59 Å². The molecule has 1 amide bonds. The molecule has 2 rings (SSSR count). The van der Waals surface area contributed by atoms with Crippen LogP contribution in [-0.4, -0.2) is 24.0 Å². The van der Waals surface area contributed by atoms with E-state index in [0.29, 0.717) is 5.56 Å². The van der Waals surface area contributed by atoms with Crippen molar-refractivity contribution in [1.82, 2.24) is 5.32 Å². The van der Waals surface area contributed by atoms with Crippen LogP contribution in [0.25, 0.3) is 0 Å². The summed E-state index contributed by atoms with van der Waals surface area (Å²) in [6, 6.07) is 10.7. The van der Waals surface area contributed by atoms with Crippen molar-refractivity contribution in [3.05, 3.63) is 54.0 Å². The molecule has 0 saturated carbocycles. The number of benzene rings is 1. The van der Waals surface area contributed by atoms with Gasteiger partial charge in [-0.15, -0.1) is 11.8 Å². The number of nitrogens with one attached hydrogen (secondary N) is 1. The van der Waals surface area contributed by atoms with E-state index in [9.17, 15) is 9.59 Å². The first-order valence-electron chi connectivity index (χ1n) is 6.18. The number of furan rings is 1. The first kappa shape index (κ1) is 14.4. The molecule has 1 aromatic carbocycles. The molecule has 0 fully saturated rings. The minimum Gasteiger partial charge on any atom is -0.468 e. The number of amides is 1. The third-order valence-electron chi connectivity index (χ3n) is 2.71. The maximum atomic E-state index is 11.8. The van der Waals surface area contributed by atoms with Crippen LogP contribution in [0.2, 0.25) is 0 Å². The van der Waals surface area contributed by atoms with Gasteiger partial charge in [-0.25, -0.2) is 0 Å². The van der Waals surface area contributed by atoms with Gasteiger partial charge in [0.1, 0.15) is 5.76 Å². The highest BCUT2D eigenvalue weighted by Crippen LogP contribution is 2.22. The first-order chi connectivity index (χ1) is 9.66. The second-order valence-corrected chi connectivity index (χ2v) is 5.21. The SMILES string of the molecule is Cc1occc1SCC(=O)NCC(=O)c1ccccc1. The van der Waals surface area contributed by atoms with Crippen LogP contribution in [0, 0.1) is 6.92 Å². The summed E-state index contributed by atoms with van der Waals surface area (Å²) in [6.45, 7) is 1.87. The van der Waals surface area contributed by atoms with E-state index in [1.807, 2.05) is 19.1 Å². The molecule has 0 aliphatic heterocycles. The zero-order valence-electron chi connectivity index (χ0n) is 11.1. The van der Waals surface area contributed by atoms with Gasteiger partial charge in [-0.1, -0.05) is 30.3 Å². The number of thioether (sulfide) groups is 1. The average molecular weight is 289 g/mol. The van der Waals surface area contributed by atoms with Crippen molar-refractivity contribution in [3.8, 4) is 0 Å². The zero-order valence-corrected chi connectivity index (χ0v) is 11.9. The number of hydrogen-bond acceptors (Lipinski definition) is 4. The molecule has 1 aromatic heterocycles. The normalized spacial score (nSPS) is 10.2. The van der Waals surface area contributed by atoms with E-state index in [4.69, 9.17) is 4.42 Å². The van der Waals surface area contributed by atoms with E-state index in [2.05, 4.69) is 5.32 Å². The van der Waals surface area contributed by atoms with Crippen LogP contribution >= 0.6 is 11.8 Å². The second-order valence-electron chi connectivity index (χ2n) is 4.20. The van der Waals surface area contributed by atoms with Gasteiger partial charge < -0.3 is 9.73 Å². The van der Waals surface area contributed by atoms with Crippen LogP contribution in [0.4, 0.5) is 0 Å². The summed E-state index contributed by atoms with van der Waals surface area (Å²) in [4.78, 5) is 24.4. The van der Waals surface area contributed by atoms with Crippen molar-refractivity contribution in [1.29, 1.82) is 0 Å². The smallest absolute Gasteiger partial charge is 0.230 e. The molecule has 4 nitrogen and oxygen atoms in total. The number of Topliss-reactive ketones (excluding diaryl/α,β-unsaturated/α-hetero) is 1. The molecular weight excluding hydrogens is 274 g/mol. The van der Waals surface area contributed by atoms with Gasteiger partial charge in [0.25, 0.3) is 0 Å². The molecule has 104 valence electrons. The van der Waals surface area contributed by atoms with Crippen LogP contribution in [0.3, 0.4) is 0 Å². The van der Waals surface area contributed by atoms with Crippen molar-refractivity contribution in [2.24, 2.45) is 0 Å². The minimum atomic E-state index is -0.167. The van der Waals surface area contributed by atoms with Crippen LogP contribution < -0.4 is 5.32 Å². The van der Waals surface area contributed by atoms with Gasteiger partial charge in [-0.05, 0) is 13.0 Å². The molecule has 0 spiro atoms. The number of carbonyl (C=O) groups excluding carboxylic acids is 2. The van der Waals surface area contributed by atoms with Gasteiger partial charge in [0.05, 0.1) is 18.6 Å². The third kappa shape index (κ3) is 3.99. The molecule has 0 aliphatic rings. The second kappa shape index (κ2) is 6.96. The summed E-state index contributed by atoms with van der Waals surface area (Å²) < 4.78 is 5.15. The van der Waals surface area contributed by atoms with Crippen LogP contribution in [0.15, 0.2) is 52.0 Å². The maximum Gasteiger partial charge on any atom is 0.230 e. The molecule has 1 heterocycles. The molecule has 0 unspecified atom stereocenters. The largest absolute Gasteiger partial charge is 0.468 e. The molecule has 0 atom stereocenters. The van der Waals surface area contributed by atoms with Crippen molar-refractivity contribution < 1.29 is 14.0 Å². The molecule has 0 radical (unpaired) electrons. The fourth-order valence-corrected chi connectivity index (χ4v) is 2.41. The van der Waals surface area contributed by atoms with Crippen LogP contribution in [0.1, 0.15) is 16.1 Å². The number of carbonyl (C=O) groups is 2. The Morgan fingerprint density at radius 1 is 1.20 bits per heavy atom. The third-order valence-corrected chi connectivity index (χ3v) is 3.85. The highest BCUT2D eigenvalue weighted by Gasteiger charge is 2.09. The van der Waals surface area contributed by atoms with Crippen molar-refractivity contribution in [2.75, 3.05) is 12.3 Å². The monoisotopic (exact) mass is 289 g/mol. The van der Waals surface area contributed by atoms with Gasteiger partial charge in [0.15, 0.2) is 5.78 Å². The predicted molar refractivity (Wildman–Crippen MR) is 78.0 cm³/mol. The molecular formula is C15H15NO3S. The van der Waals surface area contributed by atoms with Crippen LogP contribution in [-0.2, 0) is 4.79 Å². The topological polar surface area (TPSA) is 59.3 Å². The maximum absolute atomic E-state index is 11.8. The highest BCUT2D eigenvalue weighted by molar-refractivity contribution is 8.00. The summed E-state index contributed by atoms with van der Waals surface area (Å²) in [7, 11) is 0. The quantitative estimate of drug-likeness (QED) is 0.656. The number of ketones is 1. The van der Waals surface area contributed by atoms with Crippen LogP contribution in [0.5, 0.6) is 0 Å². The lowest BCUT2D eigenvalue weighted by atomic mass is 10.1. The van der Waals surface area contributed by atoms with E-state index in [0.717, 1.165) is 10.7 Å². The lowest BCUT2D eigenvalue weighted by Crippen LogP contribution is -2.30. The Labute approximate surface area is 121 Å². The molecule has 1 N–H and O–H groups in total. The number of hydrogen-bond donors (Lipinski definition) is 1. The molecule has 2 aromatic rings. The fourth-order valence-electron chi connectivity index (χ4n) is 1.62. The summed E-state index contributed by atoms with van der Waals surface area (Å²) in [5.74, 6) is 0.800. The summed E-state index contributed by atoms with van der Waals surface area (Å²) in [5, 5.41) is 2.62. The first-order valence-corrected chi connectivity index (χ1v) is 7.17. The highest BCUT2D eigenvalue weighted by atomic mass is 32.2. The Morgan fingerprint density at radius 3 is 2.60 bits per heavy atom. The van der Waals surface area contributed by atoms with Gasteiger partial charge in [0.2, 0.25) is 5.91 Å². The Morgan fingerprint density at radius 2 is 1.95 bits per heavy atom. The number of aryl methyl sites for hydroxylation is 1. The summed E-state index contributed by atoms with van der Waals surface area (Å²) in [6.07, 6.45) is 1.59. The average Bonchev–Trinajstić information content (AvgIpc) is 2.89. The minimum absolute atomic E-state index is 0.0216. The Bertz CT molecular complexity index is 592. The molecule has 5 heteroatoms. The van der Waals surface area contributed by atoms with Crippen molar-refractivity contribution in [3.63, 3.8) is 0 Å². The van der Waals surface area contributed by atoms with Gasteiger partial charge in [-0.2, -0.15) is 0 Å². The fraction of sp³-hybridized carbons (Fsp3) is 0.200. The van der Waals surface area contributed by atoms with Gasteiger partial charge in [0, 0.05) is 10.5 Å². The summed E-state index contributed by atoms with van der Waals surface area (Å²) in [5.41, 5.74) is 0.603. The molecule has 20 heavy (non-hydrogen) atoms. The van der Waals surface area contributed by atoms with E-state index in [1.54, 1.807) is 30.5 Å². The van der Waals surface area contributed by atoms with Gasteiger partial charge >= 0.3 is 0 Å². The Balaban J connectivity index is 1.75. The van der Waals surface area contributed by atoms with E-state index < -0.39 is 0 Å². The van der Waals surface area contributed by atoms with E-state index in [-0.39, 0.29) is 24.0 Å². The lowest BCUT2D eigenvalue weighted by molar-refractivity contribution is -0.118. The van der Waals surface area contributed by atoms with E-state index in [1.165, 1.54) is 11.8 Å². The standard InChI is InChI=1S/C15H15NO3S/c1-11-14(7-8-19-11)20-10-15(18)16-9-13(17)12-5-3-2-4-6-12/h2-8H,9-10H2,1H3,(H,16,18). The van der Waals surface area contributed by atoms with E-state index >= 15 is 0 Å². The number of rotatable bonds is 6. The lowest BCUT2D eigenvalue weighted by Gasteiger charge is -2.04. The predicted octanol–water partition coefficient (Wildman–Crippen LogP) is 2.68. The molecule has 0 aliphatic carbocycles. The Hall–Kier alpha value is -2.01. The molecule has 0 bridgehead atoms. The molecule has 0 saturated heterocycles. The van der Waals surface area contributed by atoms with Crippen molar-refractivity contribution in [2.45, 2.75) is 11.8 Å². The van der Waals surface area contributed by atoms with Crippen molar-refractivity contribution >= 4 is 23.5 Å². The zero-order chi connectivity index (χ0) is 14.4. The Kier molecular flexibility index (Phi) is 5.01.